The van der Waals surface area contributed by atoms with Crippen molar-refractivity contribution >= 4 is 146 Å². The summed E-state index contributed by atoms with van der Waals surface area (Å²) in [6.07, 6.45) is 5.32. The molecule has 0 saturated heterocycles. The first kappa shape index (κ1) is 61.2. The van der Waals surface area contributed by atoms with Crippen molar-refractivity contribution in [1.82, 2.24) is 18.3 Å². The second-order valence-corrected chi connectivity index (χ2v) is 26.5. The highest BCUT2D eigenvalue weighted by atomic mass is 32.2. The molecule has 4 heterocycles. The summed E-state index contributed by atoms with van der Waals surface area (Å²) in [7, 11) is -26.1. The first-order valence-corrected chi connectivity index (χ1v) is 31.2. The van der Waals surface area contributed by atoms with E-state index in [2.05, 4.69) is 31.6 Å². The lowest BCUT2D eigenvalue weighted by molar-refractivity contribution is 0.101. The molecule has 0 atom stereocenters. The van der Waals surface area contributed by atoms with Crippen LogP contribution in [0, 0.1) is 0 Å². The molecule has 4 amide bonds. The molecule has 444 valence electrons. The summed E-state index contributed by atoms with van der Waals surface area (Å²) >= 11 is 0. The number of aliphatic hydroxyl groups is 1. The standard InChI is InChI=1S/C45H40N10O23S6/c1-52-17-23(7-33(52)41(56)46-21-5-29-31(37(11-21)81(67,68)69)13-27(79(61,62)63)15-39(29)83(73,74)75)48-43(58)35-9-25(19-54(35)3)50-45(60)51-26-10-36(55(4)20-26)44(59)49-24-8-34(53(2)18-24)42(57)47-22-6-30-32(38(12-22)82(70,71)72)14-28(80(64,65)66)16-40(30)84(76,77)78/h5-20H,1-4H3,(H,46,56)(H,47,57)(H,48,58)(H,49,59)(H2,50,51,60)(H,61,62,63)(H,64,65,66)(H,67,68,69)(H,70,71,72)(H,73,74,75)(H,76,77,78). The van der Waals surface area contributed by atoms with E-state index in [1.807, 2.05) is 0 Å². The second-order valence-electron chi connectivity index (χ2n) is 18.1. The first-order chi connectivity index (χ1) is 38.6. The van der Waals surface area contributed by atoms with Gasteiger partial charge < -0.3 is 50.0 Å². The minimum atomic E-state index is -5.35. The Balaban J connectivity index is 0.932. The van der Waals surface area contributed by atoms with Gasteiger partial charge in [-0.05, 0) is 72.8 Å². The average molecular weight is 1280 g/mol. The monoisotopic (exact) mass is 1280 g/mol. The van der Waals surface area contributed by atoms with Crippen molar-refractivity contribution in [3.63, 3.8) is 0 Å². The van der Waals surface area contributed by atoms with Gasteiger partial charge in [0.25, 0.3) is 90.4 Å². The number of rotatable bonds is 16. The fourth-order valence-corrected chi connectivity index (χ4v) is 12.6. The Kier molecular flexibility index (Phi) is 15.6. The predicted octanol–water partition coefficient (Wildman–Crippen LogP) is 3.49. The summed E-state index contributed by atoms with van der Waals surface area (Å²) in [4.78, 5) is 51.0. The summed E-state index contributed by atoms with van der Waals surface area (Å²) in [5.41, 5.74) is -1.22. The molecule has 0 aliphatic rings. The van der Waals surface area contributed by atoms with E-state index < -0.39 is 153 Å². The number of fused-ring (bicyclic) bond motifs is 2. The van der Waals surface area contributed by atoms with E-state index in [4.69, 9.17) is 0 Å². The largest absolute Gasteiger partial charge is 0.480 e. The van der Waals surface area contributed by atoms with Crippen molar-refractivity contribution in [3.8, 4) is 0 Å². The van der Waals surface area contributed by atoms with Crippen LogP contribution in [0.1, 0.15) is 42.0 Å². The zero-order valence-electron chi connectivity index (χ0n) is 42.6. The zero-order valence-corrected chi connectivity index (χ0v) is 47.5. The molecule has 0 radical (unpaired) electrons. The third-order valence-corrected chi connectivity index (χ3v) is 17.3. The van der Waals surface area contributed by atoms with Gasteiger partial charge in [-0.15, -0.1) is 0 Å². The fourth-order valence-electron chi connectivity index (χ4n) is 8.51. The van der Waals surface area contributed by atoms with Crippen LogP contribution in [-0.4, -0.2) is 131 Å². The van der Waals surface area contributed by atoms with Gasteiger partial charge in [0.1, 0.15) is 42.4 Å². The van der Waals surface area contributed by atoms with Gasteiger partial charge in [0.2, 0.25) is 0 Å². The molecule has 4 aromatic carbocycles. The molecular weight excluding hydrogens is 1240 g/mol. The molecule has 12 N–H and O–H groups in total. The molecule has 0 aliphatic carbocycles. The number of carbonyl (C=O) groups is 4. The maximum Gasteiger partial charge on any atom is 0.295 e. The van der Waals surface area contributed by atoms with E-state index in [-0.39, 0.29) is 45.5 Å². The van der Waals surface area contributed by atoms with Crippen LogP contribution < -0.4 is 26.6 Å². The van der Waals surface area contributed by atoms with Crippen LogP contribution in [0.4, 0.5) is 34.1 Å². The number of aromatic nitrogens is 4. The number of nitrogens with one attached hydrogen (secondary N) is 5. The number of anilines is 5. The third-order valence-electron chi connectivity index (χ3n) is 12.1. The normalized spacial score (nSPS) is 12.8. The molecule has 8 aromatic rings. The lowest BCUT2D eigenvalue weighted by Gasteiger charge is -2.13. The number of aliphatic hydroxyl groups excluding tert-OH is 1. The number of aryl methyl sites for hydroxylation is 4. The number of nitrogens with zero attached hydrogens (tertiary/aromatic N) is 5. The van der Waals surface area contributed by atoms with Gasteiger partial charge in [0, 0.05) is 85.9 Å². The Hall–Kier alpha value is -8.87. The maximum atomic E-state index is 13.5. The molecular formula is C45H40N10O23S6. The lowest BCUT2D eigenvalue weighted by Crippen LogP contribution is -2.16. The summed E-state index contributed by atoms with van der Waals surface area (Å²) in [5.74, 6) is -3.52. The molecule has 33 nitrogen and oxygen atoms in total. The Morgan fingerprint density at radius 3 is 0.940 bits per heavy atom. The van der Waals surface area contributed by atoms with Crippen molar-refractivity contribution in [2.45, 2.75) is 29.4 Å². The maximum absolute atomic E-state index is 13.5. The number of hydrogen-bond donors (Lipinski definition) is 12. The van der Waals surface area contributed by atoms with Crippen molar-refractivity contribution < 1.29 is 102 Å². The van der Waals surface area contributed by atoms with Crippen molar-refractivity contribution in [3.05, 3.63) is 120 Å². The molecule has 0 saturated carbocycles. The molecule has 0 unspecified atom stereocenters. The van der Waals surface area contributed by atoms with Crippen molar-refractivity contribution in [1.29, 1.82) is 0 Å². The van der Waals surface area contributed by atoms with Gasteiger partial charge in [-0.25, -0.2) is 0 Å². The van der Waals surface area contributed by atoms with Gasteiger partial charge >= 0.3 is 0 Å². The minimum absolute atomic E-state index is 0.0190. The Labute approximate surface area is 473 Å². The van der Waals surface area contributed by atoms with Gasteiger partial charge in [-0.3, -0.25) is 46.5 Å². The molecule has 0 aliphatic heterocycles. The molecule has 4 aromatic heterocycles. The SMILES string of the molecule is Cn1cc(N=C(O)Nc2cc(C(=O)Nc3cc(C(=O)Nc4cc(S(=O)(=O)O)c5cc(S(=O)(=O)O)cc(S(=O)(=O)O)c5c4)n(C)c3)n(C)c2)cc1C(=O)Nc1cc(C(=O)Nc2cc(S(=O)(=O)O)c3cc(S(=O)(=O)O)cc(S(=O)(=O)O)c3c2)n(C)c1. The van der Waals surface area contributed by atoms with Crippen LogP contribution in [0.2, 0.25) is 0 Å². The van der Waals surface area contributed by atoms with Crippen LogP contribution in [0.5, 0.6) is 0 Å². The van der Waals surface area contributed by atoms with Gasteiger partial charge in [0.15, 0.2) is 0 Å². The summed E-state index contributed by atoms with van der Waals surface area (Å²) in [6, 6.07) is 8.84. The van der Waals surface area contributed by atoms with Crippen LogP contribution in [0.25, 0.3) is 21.5 Å². The number of amidine groups is 1. The Bertz CT molecular complexity index is 4970. The van der Waals surface area contributed by atoms with Crippen LogP contribution in [-0.2, 0) is 88.9 Å². The number of amides is 4. The Morgan fingerprint density at radius 1 is 0.345 bits per heavy atom. The van der Waals surface area contributed by atoms with E-state index in [0.717, 1.165) is 12.1 Å². The van der Waals surface area contributed by atoms with E-state index in [1.165, 1.54) is 95.5 Å². The van der Waals surface area contributed by atoms with Crippen LogP contribution in [0.3, 0.4) is 0 Å². The summed E-state index contributed by atoms with van der Waals surface area (Å²) < 4.78 is 210. The van der Waals surface area contributed by atoms with Gasteiger partial charge in [-0.2, -0.15) is 55.5 Å². The Morgan fingerprint density at radius 2 is 0.619 bits per heavy atom. The predicted molar refractivity (Wildman–Crippen MR) is 294 cm³/mol. The van der Waals surface area contributed by atoms with Crippen LogP contribution >= 0.6 is 0 Å². The summed E-state index contributed by atoms with van der Waals surface area (Å²) in [5, 5.41) is 20.2. The quantitative estimate of drug-likeness (QED) is 0.0374. The van der Waals surface area contributed by atoms with E-state index >= 15 is 0 Å². The number of benzene rings is 4. The highest BCUT2D eigenvalue weighted by molar-refractivity contribution is 7.88. The number of aliphatic imine (C=N–C) groups is 1. The van der Waals surface area contributed by atoms with Crippen molar-refractivity contribution in [2.75, 3.05) is 26.6 Å². The molecule has 39 heteroatoms. The molecule has 0 fully saturated rings. The molecule has 84 heavy (non-hydrogen) atoms. The molecule has 0 bridgehead atoms. The van der Waals surface area contributed by atoms with Gasteiger partial charge in [-0.1, -0.05) is 0 Å². The number of hydrogen-bond acceptors (Lipinski definition) is 17. The smallest absolute Gasteiger partial charge is 0.295 e. The van der Waals surface area contributed by atoms with Crippen molar-refractivity contribution in [2.24, 2.45) is 33.2 Å². The third kappa shape index (κ3) is 13.0. The molecule has 8 rings (SSSR count). The van der Waals surface area contributed by atoms with Crippen LogP contribution in [0.15, 0.2) is 132 Å². The zero-order chi connectivity index (χ0) is 62.3. The topological polar surface area (TPSA) is 507 Å². The lowest BCUT2D eigenvalue weighted by atomic mass is 10.1. The first-order valence-electron chi connectivity index (χ1n) is 22.6. The highest BCUT2D eigenvalue weighted by Gasteiger charge is 2.29. The fraction of sp³-hybridized carbons (Fsp3) is 0.0889. The van der Waals surface area contributed by atoms with Gasteiger partial charge in [0.05, 0.1) is 32.5 Å². The summed E-state index contributed by atoms with van der Waals surface area (Å²) in [6.45, 7) is 0. The number of carbonyl (C=O) groups excluding carboxylic acids is 4. The minimum Gasteiger partial charge on any atom is -0.480 e. The van der Waals surface area contributed by atoms with E-state index in [1.54, 1.807) is 0 Å². The second kappa shape index (κ2) is 21.4. The van der Waals surface area contributed by atoms with E-state index in [9.17, 15) is 102 Å². The molecule has 0 spiro atoms. The average Bonchev–Trinajstić information content (AvgIpc) is 1.54. The van der Waals surface area contributed by atoms with E-state index in [0.29, 0.717) is 36.4 Å². The highest BCUT2D eigenvalue weighted by Crippen LogP contribution is 2.37.